The van der Waals surface area contributed by atoms with Crippen molar-refractivity contribution in [2.75, 3.05) is 0 Å². The molecule has 0 aliphatic carbocycles. The van der Waals surface area contributed by atoms with Crippen LogP contribution in [0.4, 0.5) is 0 Å². The third-order valence-corrected chi connectivity index (χ3v) is 2.09. The molecule has 15 heavy (non-hydrogen) atoms. The van der Waals surface area contributed by atoms with Crippen molar-refractivity contribution in [2.45, 2.75) is 24.9 Å². The molecule has 0 saturated carbocycles. The summed E-state index contributed by atoms with van der Waals surface area (Å²) in [7, 11) is 0. The highest BCUT2D eigenvalue weighted by Gasteiger charge is 2.19. The summed E-state index contributed by atoms with van der Waals surface area (Å²) in [6.07, 6.45) is 3.86. The fourth-order valence-corrected chi connectivity index (χ4v) is 1.23. The molecule has 0 bridgehead atoms. The van der Waals surface area contributed by atoms with E-state index in [4.69, 9.17) is 17.5 Å². The van der Waals surface area contributed by atoms with Gasteiger partial charge in [0.1, 0.15) is 11.5 Å². The van der Waals surface area contributed by atoms with Crippen LogP contribution in [0, 0.1) is 0 Å². The number of carbonyl (C=O) groups excluding carboxylic acids is 1. The number of nitrogens with one attached hydrogen (secondary N) is 2. The number of hydrogen-bond donors (Lipinski definition) is 3. The van der Waals surface area contributed by atoms with Gasteiger partial charge in [0, 0.05) is 6.20 Å². The third kappa shape index (κ3) is 3.41. The second-order valence-electron chi connectivity index (χ2n) is 2.90. The highest BCUT2D eigenvalue weighted by molar-refractivity contribution is 6.22. The predicted molar refractivity (Wildman–Crippen MR) is 56.8 cm³/mol. The number of nitrogens with two attached hydrogens (primary N) is 1. The molecular weight excluding hydrogens is 220 g/mol. The van der Waals surface area contributed by atoms with Crippen molar-refractivity contribution in [3.05, 3.63) is 12.3 Å². The molecule has 84 valence electrons. The monoisotopic (exact) mass is 232 g/mol. The van der Waals surface area contributed by atoms with Crippen LogP contribution in [0.3, 0.4) is 0 Å². The van der Waals surface area contributed by atoms with Gasteiger partial charge in [0.05, 0.1) is 0 Å². The van der Waals surface area contributed by atoms with Crippen LogP contribution in [0.1, 0.15) is 13.3 Å². The van der Waals surface area contributed by atoms with E-state index in [-0.39, 0.29) is 0 Å². The minimum Gasteiger partial charge on any atom is -0.372 e. The van der Waals surface area contributed by atoms with Crippen molar-refractivity contribution < 1.29 is 9.63 Å². The first-order valence-corrected chi connectivity index (χ1v) is 4.93. The molecule has 0 aromatic carbocycles. The summed E-state index contributed by atoms with van der Waals surface area (Å²) >= 11 is 5.76. The molecule has 7 heteroatoms. The molecule has 1 aliphatic heterocycles. The number of nitrogens with zero attached hydrogens (tertiary/aromatic N) is 1. The molecule has 2 atom stereocenters. The fraction of sp³-hybridized carbons (Fsp3) is 0.500. The molecule has 1 heterocycles. The number of aliphatic imine (C=N–C) groups is 1. The second-order valence-corrected chi connectivity index (χ2v) is 3.34. The number of carbonyl (C=O) groups is 1. The molecule has 1 aliphatic rings. The maximum absolute atomic E-state index is 11.2. The Labute approximate surface area is 92.5 Å². The van der Waals surface area contributed by atoms with Crippen LogP contribution in [0.5, 0.6) is 0 Å². The Kier molecular flexibility index (Phi) is 4.38. The van der Waals surface area contributed by atoms with E-state index in [9.17, 15) is 4.79 Å². The van der Waals surface area contributed by atoms with Crippen LogP contribution in [0.15, 0.2) is 17.3 Å². The van der Waals surface area contributed by atoms with Gasteiger partial charge in [0.2, 0.25) is 0 Å². The summed E-state index contributed by atoms with van der Waals surface area (Å²) in [5, 5.41) is 5.65. The van der Waals surface area contributed by atoms with E-state index in [2.05, 4.69) is 20.5 Å². The lowest BCUT2D eigenvalue weighted by atomic mass is 10.2. The molecule has 0 spiro atoms. The second kappa shape index (κ2) is 5.57. The first-order chi connectivity index (χ1) is 7.17. The van der Waals surface area contributed by atoms with Crippen LogP contribution in [-0.2, 0) is 9.63 Å². The van der Waals surface area contributed by atoms with Gasteiger partial charge in [0.25, 0.3) is 0 Å². The highest BCUT2D eigenvalue weighted by atomic mass is 35.5. The van der Waals surface area contributed by atoms with Crippen molar-refractivity contribution in [3.8, 4) is 0 Å². The Bertz CT molecular complexity index is 292. The lowest BCUT2D eigenvalue weighted by molar-refractivity contribution is -0.146. The Morgan fingerprint density at radius 3 is 3.20 bits per heavy atom. The average Bonchev–Trinajstić information content (AvgIpc) is 2.25. The topological polar surface area (TPSA) is 88.7 Å². The van der Waals surface area contributed by atoms with E-state index >= 15 is 0 Å². The Hall–Kier alpha value is -1.27. The zero-order valence-electron chi connectivity index (χ0n) is 8.24. The molecule has 6 nitrogen and oxygen atoms in total. The van der Waals surface area contributed by atoms with Gasteiger partial charge in [-0.3, -0.25) is 0 Å². The maximum atomic E-state index is 11.2. The Morgan fingerprint density at radius 2 is 2.67 bits per heavy atom. The third-order valence-electron chi connectivity index (χ3n) is 1.85. The lowest BCUT2D eigenvalue weighted by Crippen LogP contribution is -2.47. The van der Waals surface area contributed by atoms with E-state index in [1.165, 1.54) is 0 Å². The summed E-state index contributed by atoms with van der Waals surface area (Å²) in [4.78, 5) is 19.3. The summed E-state index contributed by atoms with van der Waals surface area (Å²) < 4.78 is 0. The summed E-state index contributed by atoms with van der Waals surface area (Å²) in [5.41, 5.74) is -0.430. The summed E-state index contributed by atoms with van der Waals surface area (Å²) in [5.74, 6) is 4.68. The number of hydrogen-bond acceptors (Lipinski definition) is 6. The van der Waals surface area contributed by atoms with E-state index in [0.29, 0.717) is 12.4 Å². The molecule has 1 unspecified atom stereocenters. The van der Waals surface area contributed by atoms with Crippen molar-refractivity contribution in [2.24, 2.45) is 10.9 Å². The Balaban J connectivity index is 2.55. The van der Waals surface area contributed by atoms with Crippen LogP contribution in [0.25, 0.3) is 0 Å². The van der Waals surface area contributed by atoms with Crippen LogP contribution in [0.2, 0.25) is 0 Å². The van der Waals surface area contributed by atoms with Crippen LogP contribution < -0.4 is 16.5 Å². The zero-order valence-corrected chi connectivity index (χ0v) is 8.99. The van der Waals surface area contributed by atoms with Crippen molar-refractivity contribution in [3.63, 3.8) is 0 Å². The van der Waals surface area contributed by atoms with E-state index in [1.807, 2.05) is 6.92 Å². The molecule has 0 radical (unpaired) electrons. The van der Waals surface area contributed by atoms with Gasteiger partial charge in [-0.1, -0.05) is 18.5 Å². The summed E-state index contributed by atoms with van der Waals surface area (Å²) in [6.45, 7) is 1.83. The number of alkyl halides is 1. The smallest absolute Gasteiger partial charge is 0.347 e. The molecule has 4 N–H and O–H groups in total. The number of rotatable bonds is 3. The standard InChI is InChI=1S/C8H13ClN4O2/c1-2-5(7(14)15-10)12-8-11-4-3-6(9)13-8/h3-6H,2,10H2,1H3,(H2,11,12,13)/t5-,6?/m1/s1. The maximum Gasteiger partial charge on any atom is 0.347 e. The largest absolute Gasteiger partial charge is 0.372 e. The van der Waals surface area contributed by atoms with E-state index in [0.717, 1.165) is 0 Å². The molecule has 0 saturated heterocycles. The molecule has 0 amide bonds. The Morgan fingerprint density at radius 1 is 1.93 bits per heavy atom. The predicted octanol–water partition coefficient (Wildman–Crippen LogP) is -0.191. The first kappa shape index (κ1) is 11.8. The number of halogens is 1. The first-order valence-electron chi connectivity index (χ1n) is 4.49. The summed E-state index contributed by atoms with van der Waals surface area (Å²) in [6, 6.07) is -0.531. The molecule has 0 aromatic rings. The van der Waals surface area contributed by atoms with Crippen molar-refractivity contribution >= 4 is 23.5 Å². The van der Waals surface area contributed by atoms with Gasteiger partial charge in [-0.25, -0.2) is 9.79 Å². The minimum absolute atomic E-state index is 0.426. The van der Waals surface area contributed by atoms with Gasteiger partial charge in [-0.05, 0) is 12.5 Å². The van der Waals surface area contributed by atoms with Gasteiger partial charge in [-0.2, -0.15) is 5.90 Å². The fourth-order valence-electron chi connectivity index (χ4n) is 1.06. The van der Waals surface area contributed by atoms with E-state index in [1.54, 1.807) is 12.3 Å². The van der Waals surface area contributed by atoms with Gasteiger partial charge < -0.3 is 15.5 Å². The normalized spacial score (nSPS) is 21.3. The lowest BCUT2D eigenvalue weighted by Gasteiger charge is -2.19. The van der Waals surface area contributed by atoms with Crippen LogP contribution >= 0.6 is 11.6 Å². The average molecular weight is 233 g/mol. The van der Waals surface area contributed by atoms with Crippen molar-refractivity contribution in [1.29, 1.82) is 0 Å². The molecular formula is C8H13ClN4O2. The molecule has 1 rings (SSSR count). The van der Waals surface area contributed by atoms with Gasteiger partial charge >= 0.3 is 5.97 Å². The van der Waals surface area contributed by atoms with Crippen LogP contribution in [-0.4, -0.2) is 23.5 Å². The highest BCUT2D eigenvalue weighted by Crippen LogP contribution is 2.03. The van der Waals surface area contributed by atoms with Gasteiger partial charge in [0.15, 0.2) is 5.96 Å². The van der Waals surface area contributed by atoms with E-state index < -0.39 is 17.5 Å². The van der Waals surface area contributed by atoms with Crippen molar-refractivity contribution in [1.82, 2.24) is 10.6 Å². The molecule has 0 fully saturated rings. The zero-order chi connectivity index (χ0) is 11.3. The minimum atomic E-state index is -0.539. The molecule has 0 aromatic heterocycles. The number of guanidine groups is 1. The quantitative estimate of drug-likeness (QED) is 0.357. The SMILES string of the molecule is CC[C@@H](NC1=NC(Cl)C=CN1)C(=O)ON. The van der Waals surface area contributed by atoms with Gasteiger partial charge in [-0.15, -0.1) is 0 Å².